The van der Waals surface area contributed by atoms with E-state index in [0.717, 1.165) is 5.56 Å². The summed E-state index contributed by atoms with van der Waals surface area (Å²) in [7, 11) is 0. The van der Waals surface area contributed by atoms with Crippen molar-refractivity contribution in [1.29, 1.82) is 0 Å². The van der Waals surface area contributed by atoms with Crippen LogP contribution in [0.1, 0.15) is 31.7 Å². The number of aliphatic hydroxyl groups excluding tert-OH is 1. The molecule has 1 amide bonds. The van der Waals surface area contributed by atoms with E-state index in [0.29, 0.717) is 18.6 Å². The molecule has 0 heterocycles. The first-order chi connectivity index (χ1) is 12.4. The summed E-state index contributed by atoms with van der Waals surface area (Å²) in [6.07, 6.45) is -7.81. The summed E-state index contributed by atoms with van der Waals surface area (Å²) in [6.45, 7) is 0.911. The van der Waals surface area contributed by atoms with Gasteiger partial charge < -0.3 is 20.3 Å². The van der Waals surface area contributed by atoms with E-state index in [1.807, 2.05) is 0 Å². The number of hydrogen-bond acceptors (Lipinski definition) is 3. The molecule has 0 aliphatic heterocycles. The lowest BCUT2D eigenvalue weighted by Crippen LogP contribution is -2.48. The smallest absolute Gasteiger partial charge is 0.453 e. The Bertz CT molecular complexity index is 606. The fourth-order valence-electron chi connectivity index (χ4n) is 2.24. The van der Waals surface area contributed by atoms with Gasteiger partial charge in [-0.15, -0.1) is 0 Å². The zero-order chi connectivity index (χ0) is 20.7. The highest BCUT2D eigenvalue weighted by Crippen LogP contribution is 2.38. The van der Waals surface area contributed by atoms with Crippen LogP contribution in [0.3, 0.4) is 0 Å². The van der Waals surface area contributed by atoms with E-state index < -0.39 is 36.6 Å². The number of ether oxygens (including phenoxy) is 1. The van der Waals surface area contributed by atoms with Gasteiger partial charge in [-0.25, -0.2) is 4.79 Å². The van der Waals surface area contributed by atoms with E-state index in [4.69, 9.17) is 9.84 Å². The number of carboxylic acid groups (broad SMARTS) is 1. The molecule has 0 aliphatic rings. The molecule has 0 aliphatic carbocycles. The number of carbonyl (C=O) groups is 1. The average molecular weight is 399 g/mol. The molecule has 0 fully saturated rings. The van der Waals surface area contributed by atoms with Gasteiger partial charge in [0, 0.05) is 6.42 Å². The van der Waals surface area contributed by atoms with E-state index in [9.17, 15) is 31.9 Å². The minimum absolute atomic E-state index is 0.282. The number of aryl methyl sites for hydroxylation is 1. The number of benzene rings is 1. The van der Waals surface area contributed by atoms with E-state index >= 15 is 0 Å². The zero-order valence-electron chi connectivity index (χ0n) is 14.7. The summed E-state index contributed by atoms with van der Waals surface area (Å²) < 4.78 is 66.8. The first kappa shape index (κ1) is 22.9. The van der Waals surface area contributed by atoms with Gasteiger partial charge in [0.1, 0.15) is 5.75 Å². The quantitative estimate of drug-likeness (QED) is 0.411. The van der Waals surface area contributed by atoms with Crippen LogP contribution in [-0.4, -0.2) is 47.2 Å². The summed E-state index contributed by atoms with van der Waals surface area (Å²) in [5.74, 6) is -4.41. The van der Waals surface area contributed by atoms with Crippen molar-refractivity contribution in [2.24, 2.45) is 0 Å². The third-order valence-electron chi connectivity index (χ3n) is 3.97. The summed E-state index contributed by atoms with van der Waals surface area (Å²) in [5, 5.41) is 20.3. The van der Waals surface area contributed by atoms with Crippen LogP contribution in [0.4, 0.5) is 26.7 Å². The highest BCUT2D eigenvalue weighted by atomic mass is 19.4. The second-order valence-corrected chi connectivity index (χ2v) is 6.45. The summed E-state index contributed by atoms with van der Waals surface area (Å²) in [4.78, 5) is 10.7. The fraction of sp³-hybridized carbons (Fsp3) is 0.588. The molecular weight excluding hydrogens is 377 g/mol. The maximum atomic E-state index is 12.8. The highest BCUT2D eigenvalue weighted by molar-refractivity contribution is 5.65. The second-order valence-electron chi connectivity index (χ2n) is 6.45. The van der Waals surface area contributed by atoms with E-state index in [2.05, 4.69) is 5.32 Å². The van der Waals surface area contributed by atoms with Crippen molar-refractivity contribution < 1.29 is 41.7 Å². The van der Waals surface area contributed by atoms with Gasteiger partial charge in [-0.1, -0.05) is 12.1 Å². The molecule has 0 radical (unpaired) electrons. The largest absolute Gasteiger partial charge is 0.494 e. The predicted octanol–water partition coefficient (Wildman–Crippen LogP) is 3.99. The number of nitrogens with one attached hydrogen (secondary N) is 1. The molecule has 1 atom stereocenters. The third kappa shape index (κ3) is 7.58. The van der Waals surface area contributed by atoms with Gasteiger partial charge in [-0.05, 0) is 43.9 Å². The molecule has 0 aromatic heterocycles. The monoisotopic (exact) mass is 399 g/mol. The number of amides is 1. The van der Waals surface area contributed by atoms with Gasteiger partial charge in [0.25, 0.3) is 0 Å². The Kier molecular flexibility index (Phi) is 7.82. The van der Waals surface area contributed by atoms with Crippen LogP contribution in [0.5, 0.6) is 5.75 Å². The van der Waals surface area contributed by atoms with Crippen molar-refractivity contribution in [1.82, 2.24) is 5.32 Å². The predicted molar refractivity (Wildman–Crippen MR) is 87.1 cm³/mol. The Morgan fingerprint density at radius 2 is 1.70 bits per heavy atom. The van der Waals surface area contributed by atoms with Gasteiger partial charge in [-0.2, -0.15) is 22.0 Å². The molecule has 10 heteroatoms. The number of hydrogen-bond donors (Lipinski definition) is 3. The fourth-order valence-corrected chi connectivity index (χ4v) is 2.24. The lowest BCUT2D eigenvalue weighted by Gasteiger charge is -2.27. The average Bonchev–Trinajstić information content (AvgIpc) is 2.56. The van der Waals surface area contributed by atoms with Crippen LogP contribution in [0.15, 0.2) is 24.3 Å². The molecule has 1 aromatic carbocycles. The molecule has 0 saturated carbocycles. The summed E-state index contributed by atoms with van der Waals surface area (Å²) >= 11 is 0. The molecule has 0 bridgehead atoms. The van der Waals surface area contributed by atoms with Crippen LogP contribution in [-0.2, 0) is 6.42 Å². The molecule has 0 spiro atoms. The normalized spacial score (nSPS) is 14.5. The Morgan fingerprint density at radius 1 is 1.11 bits per heavy atom. The second kappa shape index (κ2) is 9.20. The number of aliphatic hydroxyl groups is 1. The van der Waals surface area contributed by atoms with Gasteiger partial charge in [-0.3, -0.25) is 0 Å². The molecule has 5 nitrogen and oxygen atoms in total. The molecule has 1 aromatic rings. The van der Waals surface area contributed by atoms with Crippen molar-refractivity contribution in [3.8, 4) is 5.75 Å². The van der Waals surface area contributed by atoms with Gasteiger partial charge in [0.15, 0.2) is 0 Å². The van der Waals surface area contributed by atoms with Crippen LogP contribution < -0.4 is 10.1 Å². The first-order valence-electron chi connectivity index (χ1n) is 8.17. The van der Waals surface area contributed by atoms with Crippen LogP contribution in [0.25, 0.3) is 0 Å². The number of halogens is 5. The highest BCUT2D eigenvalue weighted by Gasteiger charge is 2.56. The maximum Gasteiger partial charge on any atom is 0.453 e. The maximum absolute atomic E-state index is 12.8. The molecule has 0 saturated heterocycles. The van der Waals surface area contributed by atoms with Gasteiger partial charge in [0.05, 0.1) is 18.8 Å². The Labute approximate surface area is 153 Å². The lowest BCUT2D eigenvalue weighted by molar-refractivity contribution is -0.284. The van der Waals surface area contributed by atoms with Gasteiger partial charge in [0.2, 0.25) is 0 Å². The Morgan fingerprint density at radius 3 is 2.19 bits per heavy atom. The number of rotatable bonds is 10. The van der Waals surface area contributed by atoms with Gasteiger partial charge >= 0.3 is 18.2 Å². The molecule has 27 heavy (non-hydrogen) atoms. The van der Waals surface area contributed by atoms with Crippen LogP contribution in [0, 0.1) is 0 Å². The minimum atomic E-state index is -5.56. The molecule has 1 unspecified atom stereocenters. The van der Waals surface area contributed by atoms with E-state index in [1.54, 1.807) is 19.1 Å². The van der Waals surface area contributed by atoms with Crippen molar-refractivity contribution in [2.75, 3.05) is 13.2 Å². The third-order valence-corrected chi connectivity index (χ3v) is 3.97. The topological polar surface area (TPSA) is 78.8 Å². The first-order valence-corrected chi connectivity index (χ1v) is 8.17. The van der Waals surface area contributed by atoms with Crippen molar-refractivity contribution in [3.63, 3.8) is 0 Å². The Balaban J connectivity index is 2.45. The van der Waals surface area contributed by atoms with Crippen LogP contribution >= 0.6 is 0 Å². The SMILES string of the molecule is CC(CO)(CCc1ccc(OCCCC(F)(F)C(F)(F)F)cc1)NC(=O)O. The lowest BCUT2D eigenvalue weighted by atomic mass is 9.94. The van der Waals surface area contributed by atoms with Crippen molar-refractivity contribution in [2.45, 2.75) is 50.2 Å². The zero-order valence-corrected chi connectivity index (χ0v) is 14.7. The molecule has 3 N–H and O–H groups in total. The molecule has 1 rings (SSSR count). The van der Waals surface area contributed by atoms with Crippen LogP contribution in [0.2, 0.25) is 0 Å². The summed E-state index contributed by atoms with van der Waals surface area (Å²) in [5.41, 5.74) is -0.178. The Hall–Kier alpha value is -2.10. The molecule has 154 valence electrons. The summed E-state index contributed by atoms with van der Waals surface area (Å²) in [6, 6.07) is 6.41. The van der Waals surface area contributed by atoms with Crippen molar-refractivity contribution in [3.05, 3.63) is 29.8 Å². The van der Waals surface area contributed by atoms with Crippen molar-refractivity contribution >= 4 is 6.09 Å². The molecular formula is C17H22F5NO4. The standard InChI is InChI=1S/C17H22F5NO4/c1-15(11-24,23-14(25)26)9-7-12-3-5-13(6-4-12)27-10-2-8-16(18,19)17(20,21)22/h3-6,23-24H,2,7-11H2,1H3,(H,25,26). The minimum Gasteiger partial charge on any atom is -0.494 e. The number of alkyl halides is 5. The van der Waals surface area contributed by atoms with E-state index in [-0.39, 0.29) is 13.2 Å². The van der Waals surface area contributed by atoms with E-state index in [1.165, 1.54) is 12.1 Å².